The number of nitriles is 1. The summed E-state index contributed by atoms with van der Waals surface area (Å²) < 4.78 is 4.78. The molecule has 3 heteroatoms. The van der Waals surface area contributed by atoms with Gasteiger partial charge in [0.1, 0.15) is 0 Å². The van der Waals surface area contributed by atoms with Crippen LogP contribution in [0.5, 0.6) is 0 Å². The van der Waals surface area contributed by atoms with E-state index in [1.165, 1.54) is 12.7 Å². The standard InChI is InChI=1S/C16H19NO2/c1-3-12(8-14-9-15(14)16(18)19-2)13-6-4-11(10-17)5-7-13/h4-7,12,14-15H,3,8-9H2,1-2H3. The van der Waals surface area contributed by atoms with Crippen LogP contribution < -0.4 is 0 Å². The van der Waals surface area contributed by atoms with Crippen LogP contribution in [-0.4, -0.2) is 13.1 Å². The third-order valence-electron chi connectivity index (χ3n) is 4.02. The van der Waals surface area contributed by atoms with Crippen molar-refractivity contribution in [2.45, 2.75) is 32.1 Å². The van der Waals surface area contributed by atoms with Crippen molar-refractivity contribution in [1.29, 1.82) is 5.26 Å². The minimum atomic E-state index is -0.0697. The molecule has 1 aromatic carbocycles. The smallest absolute Gasteiger partial charge is 0.308 e. The van der Waals surface area contributed by atoms with Crippen LogP contribution in [0.2, 0.25) is 0 Å². The van der Waals surface area contributed by atoms with E-state index in [4.69, 9.17) is 10.00 Å². The van der Waals surface area contributed by atoms with E-state index in [1.54, 1.807) is 0 Å². The second-order valence-corrected chi connectivity index (χ2v) is 5.20. The van der Waals surface area contributed by atoms with Gasteiger partial charge < -0.3 is 4.74 Å². The average molecular weight is 257 g/mol. The van der Waals surface area contributed by atoms with Crippen molar-refractivity contribution in [2.75, 3.05) is 7.11 Å². The zero-order valence-corrected chi connectivity index (χ0v) is 11.4. The summed E-state index contributed by atoms with van der Waals surface area (Å²) in [5.74, 6) is 0.970. The Kier molecular flexibility index (Phi) is 4.21. The number of hydrogen-bond acceptors (Lipinski definition) is 3. The lowest BCUT2D eigenvalue weighted by Gasteiger charge is -2.15. The first-order valence-electron chi connectivity index (χ1n) is 6.77. The van der Waals surface area contributed by atoms with E-state index < -0.39 is 0 Å². The third-order valence-corrected chi connectivity index (χ3v) is 4.02. The summed E-state index contributed by atoms with van der Waals surface area (Å²) in [5.41, 5.74) is 1.95. The summed E-state index contributed by atoms with van der Waals surface area (Å²) in [4.78, 5) is 11.4. The number of benzene rings is 1. The van der Waals surface area contributed by atoms with Crippen LogP contribution in [0.3, 0.4) is 0 Å². The molecule has 0 aliphatic heterocycles. The van der Waals surface area contributed by atoms with E-state index in [9.17, 15) is 4.79 Å². The summed E-state index contributed by atoms with van der Waals surface area (Å²) in [5, 5.41) is 8.80. The maximum absolute atomic E-state index is 11.4. The average Bonchev–Trinajstić information content (AvgIpc) is 3.23. The highest BCUT2D eigenvalue weighted by atomic mass is 16.5. The van der Waals surface area contributed by atoms with Gasteiger partial charge in [-0.05, 0) is 48.8 Å². The van der Waals surface area contributed by atoms with Crippen molar-refractivity contribution >= 4 is 5.97 Å². The van der Waals surface area contributed by atoms with Gasteiger partial charge in [0.2, 0.25) is 0 Å². The number of rotatable bonds is 5. The Morgan fingerprint density at radius 2 is 2.16 bits per heavy atom. The van der Waals surface area contributed by atoms with Crippen molar-refractivity contribution in [3.05, 3.63) is 35.4 Å². The molecule has 3 atom stereocenters. The molecule has 0 amide bonds. The highest BCUT2D eigenvalue weighted by Gasteiger charge is 2.44. The first-order chi connectivity index (χ1) is 9.19. The quantitative estimate of drug-likeness (QED) is 0.761. The van der Waals surface area contributed by atoms with Crippen LogP contribution in [0, 0.1) is 23.2 Å². The second-order valence-electron chi connectivity index (χ2n) is 5.20. The van der Waals surface area contributed by atoms with Gasteiger partial charge in [-0.15, -0.1) is 0 Å². The van der Waals surface area contributed by atoms with Gasteiger partial charge in [0, 0.05) is 0 Å². The van der Waals surface area contributed by atoms with Gasteiger partial charge in [-0.2, -0.15) is 5.26 Å². The Morgan fingerprint density at radius 3 is 2.68 bits per heavy atom. The predicted molar refractivity (Wildman–Crippen MR) is 72.4 cm³/mol. The number of esters is 1. The molecule has 19 heavy (non-hydrogen) atoms. The highest BCUT2D eigenvalue weighted by molar-refractivity contribution is 5.75. The number of nitrogens with zero attached hydrogens (tertiary/aromatic N) is 1. The summed E-state index contributed by atoms with van der Waals surface area (Å²) in [7, 11) is 1.45. The Labute approximate surface area is 114 Å². The molecule has 1 aromatic rings. The van der Waals surface area contributed by atoms with Gasteiger partial charge in [0.05, 0.1) is 24.7 Å². The Bertz CT molecular complexity index is 486. The fraction of sp³-hybridized carbons (Fsp3) is 0.500. The molecular formula is C16H19NO2. The Morgan fingerprint density at radius 1 is 1.47 bits per heavy atom. The van der Waals surface area contributed by atoms with Crippen molar-refractivity contribution in [2.24, 2.45) is 11.8 Å². The number of hydrogen-bond donors (Lipinski definition) is 0. The molecule has 3 nitrogen and oxygen atoms in total. The summed E-state index contributed by atoms with van der Waals surface area (Å²) in [6, 6.07) is 9.92. The second kappa shape index (κ2) is 5.88. The van der Waals surface area contributed by atoms with Gasteiger partial charge in [0.15, 0.2) is 0 Å². The number of methoxy groups -OCH3 is 1. The van der Waals surface area contributed by atoms with E-state index in [0.717, 1.165) is 19.3 Å². The topological polar surface area (TPSA) is 50.1 Å². The largest absolute Gasteiger partial charge is 0.469 e. The molecule has 0 aromatic heterocycles. The molecule has 0 N–H and O–H groups in total. The number of carbonyl (C=O) groups is 1. The minimum absolute atomic E-state index is 0.0697. The lowest BCUT2D eigenvalue weighted by atomic mass is 9.90. The maximum atomic E-state index is 11.4. The van der Waals surface area contributed by atoms with E-state index in [-0.39, 0.29) is 11.9 Å². The van der Waals surface area contributed by atoms with Crippen LogP contribution in [0.25, 0.3) is 0 Å². The molecule has 0 bridgehead atoms. The molecule has 0 spiro atoms. The van der Waals surface area contributed by atoms with E-state index in [2.05, 4.69) is 13.0 Å². The highest BCUT2D eigenvalue weighted by Crippen LogP contribution is 2.46. The van der Waals surface area contributed by atoms with Crippen molar-refractivity contribution in [3.63, 3.8) is 0 Å². The van der Waals surface area contributed by atoms with Gasteiger partial charge >= 0.3 is 5.97 Å². The maximum Gasteiger partial charge on any atom is 0.308 e. The zero-order chi connectivity index (χ0) is 13.8. The zero-order valence-electron chi connectivity index (χ0n) is 11.4. The molecular weight excluding hydrogens is 238 g/mol. The minimum Gasteiger partial charge on any atom is -0.469 e. The van der Waals surface area contributed by atoms with E-state index in [1.807, 2.05) is 24.3 Å². The Hall–Kier alpha value is -1.82. The lowest BCUT2D eigenvalue weighted by molar-refractivity contribution is -0.142. The molecule has 1 aliphatic carbocycles. The lowest BCUT2D eigenvalue weighted by Crippen LogP contribution is -2.06. The number of ether oxygens (including phenoxy) is 1. The van der Waals surface area contributed by atoms with Gasteiger partial charge in [-0.1, -0.05) is 19.1 Å². The number of carbonyl (C=O) groups excluding carboxylic acids is 1. The molecule has 100 valence electrons. The monoisotopic (exact) mass is 257 g/mol. The molecule has 1 fully saturated rings. The SMILES string of the molecule is CCC(CC1CC1C(=O)OC)c1ccc(C#N)cc1. The molecule has 0 heterocycles. The van der Waals surface area contributed by atoms with Crippen LogP contribution in [0.4, 0.5) is 0 Å². The van der Waals surface area contributed by atoms with Crippen molar-refractivity contribution in [1.82, 2.24) is 0 Å². The fourth-order valence-electron chi connectivity index (χ4n) is 2.68. The van der Waals surface area contributed by atoms with Gasteiger partial charge in [-0.25, -0.2) is 0 Å². The van der Waals surface area contributed by atoms with Gasteiger partial charge in [0.25, 0.3) is 0 Å². The summed E-state index contributed by atoms with van der Waals surface area (Å²) in [6.07, 6.45) is 3.04. The van der Waals surface area contributed by atoms with Crippen molar-refractivity contribution < 1.29 is 9.53 Å². The first-order valence-corrected chi connectivity index (χ1v) is 6.77. The molecule has 1 aliphatic rings. The first kappa shape index (κ1) is 13.6. The van der Waals surface area contributed by atoms with Crippen LogP contribution in [0.15, 0.2) is 24.3 Å². The third kappa shape index (κ3) is 3.14. The van der Waals surface area contributed by atoms with Crippen LogP contribution in [0.1, 0.15) is 43.2 Å². The molecule has 1 saturated carbocycles. The predicted octanol–water partition coefficient (Wildman–Crippen LogP) is 3.25. The van der Waals surface area contributed by atoms with Gasteiger partial charge in [-0.3, -0.25) is 4.79 Å². The van der Waals surface area contributed by atoms with Crippen LogP contribution in [-0.2, 0) is 9.53 Å². The molecule has 0 radical (unpaired) electrons. The van der Waals surface area contributed by atoms with Crippen LogP contribution >= 0.6 is 0 Å². The Balaban J connectivity index is 1.97. The molecule has 0 saturated heterocycles. The van der Waals surface area contributed by atoms with E-state index in [0.29, 0.717) is 17.4 Å². The molecule has 3 unspecified atom stereocenters. The summed E-state index contributed by atoms with van der Waals surface area (Å²) in [6.45, 7) is 2.17. The van der Waals surface area contributed by atoms with Crippen molar-refractivity contribution in [3.8, 4) is 6.07 Å². The fourth-order valence-corrected chi connectivity index (χ4v) is 2.68. The summed E-state index contributed by atoms with van der Waals surface area (Å²) >= 11 is 0. The van der Waals surface area contributed by atoms with E-state index >= 15 is 0 Å². The normalized spacial score (nSPS) is 22.4. The molecule has 2 rings (SSSR count).